The Kier molecular flexibility index (Phi) is 57.3. The minimum absolute atomic E-state index is 0.0273. The number of phosphoric acid groups is 1. The van der Waals surface area contributed by atoms with Gasteiger partial charge in [0, 0.05) is 12.8 Å². The van der Waals surface area contributed by atoms with Crippen LogP contribution in [0.5, 0.6) is 0 Å². The van der Waals surface area contributed by atoms with Crippen LogP contribution in [0.1, 0.15) is 297 Å². The maximum Gasteiger partial charge on any atom is 0.472 e. The third-order valence-corrected chi connectivity index (χ3v) is 15.6. The quantitative estimate of drug-likeness (QED) is 0.0205. The Morgan fingerprint density at radius 2 is 0.812 bits per heavy atom. The van der Waals surface area contributed by atoms with Crippen molar-refractivity contribution in [2.45, 2.75) is 309 Å². The Balaban J connectivity index is 5.15. The Hall–Kier alpha value is -2.81. The van der Waals surface area contributed by atoms with E-state index in [0.29, 0.717) is 17.4 Å². The van der Waals surface area contributed by atoms with E-state index in [9.17, 15) is 19.0 Å². The Bertz CT molecular complexity index is 1640. The van der Waals surface area contributed by atoms with Gasteiger partial charge >= 0.3 is 13.8 Å². The molecule has 9 nitrogen and oxygen atoms in total. The molecule has 0 aromatic rings. The van der Waals surface area contributed by atoms with Crippen LogP contribution >= 0.6 is 7.82 Å². The number of nitrogens with one attached hydrogen (secondary N) is 1. The fourth-order valence-corrected chi connectivity index (χ4v) is 10.2. The summed E-state index contributed by atoms with van der Waals surface area (Å²) < 4.78 is 30.7. The van der Waals surface area contributed by atoms with Gasteiger partial charge in [0.1, 0.15) is 19.3 Å². The van der Waals surface area contributed by atoms with Gasteiger partial charge in [-0.15, -0.1) is 0 Å². The van der Waals surface area contributed by atoms with Crippen LogP contribution in [0.25, 0.3) is 0 Å². The molecule has 10 heteroatoms. The first-order valence-corrected chi connectivity index (χ1v) is 34.9. The molecule has 0 spiro atoms. The number of quaternary nitrogens is 1. The predicted molar refractivity (Wildman–Crippen MR) is 346 cm³/mol. The summed E-state index contributed by atoms with van der Waals surface area (Å²) in [6.45, 7) is 6.87. The summed E-state index contributed by atoms with van der Waals surface area (Å²) >= 11 is 0. The van der Waals surface area contributed by atoms with Gasteiger partial charge in [-0.2, -0.15) is 0 Å². The summed E-state index contributed by atoms with van der Waals surface area (Å²) in [6, 6.07) is -0.881. The van der Waals surface area contributed by atoms with E-state index < -0.39 is 20.0 Å². The van der Waals surface area contributed by atoms with Crippen molar-refractivity contribution in [1.82, 2.24) is 5.32 Å². The second-order valence-corrected chi connectivity index (χ2v) is 25.1. The van der Waals surface area contributed by atoms with E-state index in [0.717, 1.165) is 77.0 Å². The van der Waals surface area contributed by atoms with E-state index in [1.807, 2.05) is 33.3 Å². The molecule has 0 aromatic carbocycles. The van der Waals surface area contributed by atoms with Crippen LogP contribution in [-0.4, -0.2) is 74.3 Å². The largest absolute Gasteiger partial charge is 0.472 e. The van der Waals surface area contributed by atoms with Crippen molar-refractivity contribution in [3.8, 4) is 0 Å². The summed E-state index contributed by atoms with van der Waals surface area (Å²) in [5.41, 5.74) is 0. The van der Waals surface area contributed by atoms with Gasteiger partial charge in [-0.25, -0.2) is 4.57 Å². The van der Waals surface area contributed by atoms with Crippen LogP contribution in [0, 0.1) is 0 Å². The lowest BCUT2D eigenvalue weighted by atomic mass is 10.0. The summed E-state index contributed by atoms with van der Waals surface area (Å²) in [5, 5.41) is 3.03. The SMILES string of the molecule is CC/C=C\C/C=C\C/C=C\C/C=C\C/C=C\CCCC(=O)NC(COP(=O)(O)OCC[N+](C)(C)C)C(/C=C\CCCCCCCCCCCC)OC(=O)CCCCCCCCCCCCCCCCC/C=C/CCCCCCCC. The molecule has 1 amide bonds. The molecule has 3 atom stereocenters. The zero-order valence-corrected chi connectivity index (χ0v) is 54.0. The zero-order chi connectivity index (χ0) is 58.6. The van der Waals surface area contributed by atoms with Gasteiger partial charge in [-0.3, -0.25) is 18.6 Å². The molecule has 0 bridgehead atoms. The molecule has 0 rings (SSSR count). The van der Waals surface area contributed by atoms with Crippen molar-refractivity contribution < 1.29 is 37.3 Å². The van der Waals surface area contributed by atoms with E-state index in [1.165, 1.54) is 180 Å². The highest BCUT2D eigenvalue weighted by Gasteiger charge is 2.30. The summed E-state index contributed by atoms with van der Waals surface area (Å²) in [5.74, 6) is -0.568. The molecular weight excluding hydrogens is 1010 g/mol. The monoisotopic (exact) mass is 1140 g/mol. The molecule has 0 saturated carbocycles. The minimum Gasteiger partial charge on any atom is -0.456 e. The van der Waals surface area contributed by atoms with Crippen molar-refractivity contribution in [3.63, 3.8) is 0 Å². The molecule has 2 N–H and O–H groups in total. The van der Waals surface area contributed by atoms with Crippen molar-refractivity contribution >= 4 is 19.7 Å². The van der Waals surface area contributed by atoms with Crippen molar-refractivity contribution in [2.75, 3.05) is 40.9 Å². The summed E-state index contributed by atoms with van der Waals surface area (Å²) in [6.07, 6.45) is 78.9. The van der Waals surface area contributed by atoms with Crippen molar-refractivity contribution in [3.05, 3.63) is 85.1 Å². The molecule has 3 unspecified atom stereocenters. The topological polar surface area (TPSA) is 111 Å². The summed E-state index contributed by atoms with van der Waals surface area (Å²) in [4.78, 5) is 37.8. The number of hydrogen-bond donors (Lipinski definition) is 2. The number of phosphoric ester groups is 1. The Morgan fingerprint density at radius 3 is 1.24 bits per heavy atom. The number of esters is 1. The molecule has 464 valence electrons. The maximum absolute atomic E-state index is 13.5. The second kappa shape index (κ2) is 59.4. The van der Waals surface area contributed by atoms with Crippen molar-refractivity contribution in [1.29, 1.82) is 0 Å². The molecule has 0 aromatic heterocycles. The van der Waals surface area contributed by atoms with Crippen LogP contribution < -0.4 is 5.32 Å². The number of rotatable bonds is 60. The van der Waals surface area contributed by atoms with Crippen LogP contribution in [0.2, 0.25) is 0 Å². The fraction of sp³-hybridized carbons (Fsp3) is 0.771. The first-order valence-electron chi connectivity index (χ1n) is 33.4. The fourth-order valence-electron chi connectivity index (χ4n) is 9.44. The number of ether oxygens (including phenoxy) is 1. The Morgan fingerprint density at radius 1 is 0.450 bits per heavy atom. The number of unbranched alkanes of at least 4 members (excludes halogenated alkanes) is 32. The molecule has 0 saturated heterocycles. The zero-order valence-electron chi connectivity index (χ0n) is 53.1. The molecule has 0 aliphatic rings. The van der Waals surface area contributed by atoms with Gasteiger partial charge in [0.15, 0.2) is 0 Å². The van der Waals surface area contributed by atoms with Gasteiger partial charge < -0.3 is 19.4 Å². The molecule has 0 aliphatic heterocycles. The lowest BCUT2D eigenvalue weighted by Gasteiger charge is -2.27. The second-order valence-electron chi connectivity index (χ2n) is 23.6. The van der Waals surface area contributed by atoms with Crippen LogP contribution in [0.15, 0.2) is 85.1 Å². The lowest BCUT2D eigenvalue weighted by molar-refractivity contribution is -0.870. The normalized spacial score (nSPS) is 14.1. The molecule has 0 heterocycles. The number of amides is 1. The maximum atomic E-state index is 13.5. The van der Waals surface area contributed by atoms with Crippen LogP contribution in [0.3, 0.4) is 0 Å². The van der Waals surface area contributed by atoms with E-state index in [-0.39, 0.29) is 37.9 Å². The standard InChI is InChI=1S/C70H127N2O7P/c1-7-10-13-16-19-22-25-28-30-32-33-34-35-36-37-38-39-41-43-45-48-51-54-57-60-63-70(74)79-68(61-58-55-52-49-46-27-24-21-18-15-12-9-3)67(66-78-80(75,76)77-65-64-72(4,5)6)71-69(73)62-59-56-53-50-47-44-42-40-31-29-26-23-20-17-14-11-8-2/h11,14,20,23,28-31,42,44,50,53,58,61,67-68H,7-10,12-13,15-19,21-22,24-27,32-41,43,45-49,51-52,54-57,59-60,62-66H2,1-6H3,(H-,71,73,75,76)/p+1/b14-11-,23-20-,30-28+,31-29-,44-42-,53-50-,61-58-. The average Bonchev–Trinajstić information content (AvgIpc) is 3.42. The number of carbonyl (C=O) groups excluding carboxylic acids is 2. The molecule has 0 radical (unpaired) electrons. The number of carbonyl (C=O) groups is 2. The minimum atomic E-state index is -4.47. The number of hydrogen-bond acceptors (Lipinski definition) is 6. The number of likely N-dealkylation sites (N-methyl/N-ethyl adjacent to an activating group) is 1. The van der Waals surface area contributed by atoms with E-state index in [1.54, 1.807) is 0 Å². The lowest BCUT2D eigenvalue weighted by Crippen LogP contribution is -2.47. The first-order chi connectivity index (χ1) is 38.9. The van der Waals surface area contributed by atoms with E-state index in [4.69, 9.17) is 13.8 Å². The smallest absolute Gasteiger partial charge is 0.456 e. The summed E-state index contributed by atoms with van der Waals surface area (Å²) in [7, 11) is 1.46. The molecule has 80 heavy (non-hydrogen) atoms. The Labute approximate surface area is 495 Å². The highest BCUT2D eigenvalue weighted by atomic mass is 31.2. The number of nitrogens with zero attached hydrogens (tertiary/aromatic N) is 1. The highest BCUT2D eigenvalue weighted by molar-refractivity contribution is 7.47. The number of allylic oxidation sites excluding steroid dienone is 13. The molecule has 0 aliphatic carbocycles. The van der Waals surface area contributed by atoms with Crippen LogP contribution in [-0.2, 0) is 27.9 Å². The van der Waals surface area contributed by atoms with Gasteiger partial charge in [-0.05, 0) is 96.0 Å². The molecular formula is C70H128N2O7P+. The van der Waals surface area contributed by atoms with Gasteiger partial charge in [0.25, 0.3) is 0 Å². The van der Waals surface area contributed by atoms with Crippen LogP contribution in [0.4, 0.5) is 0 Å². The highest BCUT2D eigenvalue weighted by Crippen LogP contribution is 2.43. The van der Waals surface area contributed by atoms with Gasteiger partial charge in [0.05, 0.1) is 33.8 Å². The average molecular weight is 1140 g/mol. The predicted octanol–water partition coefficient (Wildman–Crippen LogP) is 21.0. The van der Waals surface area contributed by atoms with Gasteiger partial charge in [-0.1, -0.05) is 273 Å². The molecule has 0 fully saturated rings. The van der Waals surface area contributed by atoms with Crippen molar-refractivity contribution in [2.24, 2.45) is 0 Å². The van der Waals surface area contributed by atoms with E-state index in [2.05, 4.69) is 99.0 Å². The van der Waals surface area contributed by atoms with E-state index >= 15 is 0 Å². The van der Waals surface area contributed by atoms with Gasteiger partial charge in [0.2, 0.25) is 5.91 Å². The third-order valence-electron chi connectivity index (χ3n) is 14.6. The third kappa shape index (κ3) is 59.8. The first kappa shape index (κ1) is 77.2.